The van der Waals surface area contributed by atoms with E-state index in [2.05, 4.69) is 5.32 Å². The zero-order valence-corrected chi connectivity index (χ0v) is 7.09. The zero-order valence-electron chi connectivity index (χ0n) is 7.09. The summed E-state index contributed by atoms with van der Waals surface area (Å²) in [5.74, 6) is 0.0277. The average molecular weight is 157 g/mol. The van der Waals surface area contributed by atoms with Crippen LogP contribution < -0.4 is 5.32 Å². The average Bonchev–Trinajstić information content (AvgIpc) is 2.36. The van der Waals surface area contributed by atoms with Crippen LogP contribution >= 0.6 is 0 Å². The molecule has 1 fully saturated rings. The normalized spacial score (nSPS) is 30.4. The van der Waals surface area contributed by atoms with Gasteiger partial charge in [-0.15, -0.1) is 0 Å². The summed E-state index contributed by atoms with van der Waals surface area (Å²) in [6.07, 6.45) is 0.917. The fourth-order valence-corrected chi connectivity index (χ4v) is 1.43. The van der Waals surface area contributed by atoms with E-state index >= 15 is 0 Å². The predicted molar refractivity (Wildman–Crippen MR) is 42.2 cm³/mol. The van der Waals surface area contributed by atoms with E-state index in [1.54, 1.807) is 0 Å². The maximum atomic E-state index is 11.2. The molecule has 64 valence electrons. The number of nitrogens with one attached hydrogen (secondary N) is 1. The summed E-state index contributed by atoms with van der Waals surface area (Å²) in [5, 5.41) is 3.21. The van der Waals surface area contributed by atoms with E-state index in [0.717, 1.165) is 13.0 Å². The van der Waals surface area contributed by atoms with Gasteiger partial charge in [0.15, 0.2) is 0 Å². The number of hydrogen-bond acceptors (Lipinski definition) is 3. The molecule has 0 amide bonds. The molecule has 3 nitrogen and oxygen atoms in total. The van der Waals surface area contributed by atoms with Crippen molar-refractivity contribution >= 4 is 5.97 Å². The largest absolute Gasteiger partial charge is 0.466 e. The van der Waals surface area contributed by atoms with Crippen molar-refractivity contribution in [3.8, 4) is 0 Å². The van der Waals surface area contributed by atoms with Gasteiger partial charge in [0.05, 0.1) is 12.5 Å². The Balaban J connectivity index is 2.39. The van der Waals surface area contributed by atoms with Gasteiger partial charge in [-0.1, -0.05) is 0 Å². The fraction of sp³-hybridized carbons (Fsp3) is 0.875. The highest BCUT2D eigenvalue weighted by atomic mass is 16.5. The van der Waals surface area contributed by atoms with E-state index < -0.39 is 0 Å². The van der Waals surface area contributed by atoms with Crippen LogP contribution in [0.4, 0.5) is 0 Å². The van der Waals surface area contributed by atoms with Gasteiger partial charge in [-0.05, 0) is 26.8 Å². The Bertz CT molecular complexity index is 147. The van der Waals surface area contributed by atoms with Crippen LogP contribution in [0.15, 0.2) is 0 Å². The first-order chi connectivity index (χ1) is 5.25. The molecule has 0 saturated carbocycles. The summed E-state index contributed by atoms with van der Waals surface area (Å²) in [5.41, 5.74) is 0. The second-order valence-corrected chi connectivity index (χ2v) is 2.89. The molecule has 0 radical (unpaired) electrons. The van der Waals surface area contributed by atoms with Gasteiger partial charge >= 0.3 is 5.97 Å². The number of ether oxygens (including phenoxy) is 1. The quantitative estimate of drug-likeness (QED) is 0.595. The molecule has 11 heavy (non-hydrogen) atoms. The summed E-state index contributed by atoms with van der Waals surface area (Å²) >= 11 is 0. The monoisotopic (exact) mass is 157 g/mol. The molecule has 0 spiro atoms. The lowest BCUT2D eigenvalue weighted by Gasteiger charge is -2.12. The van der Waals surface area contributed by atoms with Gasteiger partial charge in [-0.2, -0.15) is 0 Å². The Morgan fingerprint density at radius 1 is 1.73 bits per heavy atom. The molecule has 1 aliphatic rings. The molecule has 2 atom stereocenters. The van der Waals surface area contributed by atoms with Crippen molar-refractivity contribution in [1.29, 1.82) is 0 Å². The van der Waals surface area contributed by atoms with Crippen LogP contribution in [0.1, 0.15) is 20.3 Å². The lowest BCUT2D eigenvalue weighted by atomic mass is 10.0. The van der Waals surface area contributed by atoms with Crippen molar-refractivity contribution in [2.75, 3.05) is 13.2 Å². The van der Waals surface area contributed by atoms with Gasteiger partial charge < -0.3 is 10.1 Å². The molecular formula is C8H15NO2. The molecule has 1 aliphatic heterocycles. The molecule has 0 aromatic heterocycles. The Morgan fingerprint density at radius 3 is 2.91 bits per heavy atom. The van der Waals surface area contributed by atoms with E-state index in [1.165, 1.54) is 0 Å². The van der Waals surface area contributed by atoms with E-state index in [9.17, 15) is 4.79 Å². The number of carbonyl (C=O) groups excluding carboxylic acids is 1. The zero-order chi connectivity index (χ0) is 8.27. The molecule has 3 heteroatoms. The van der Waals surface area contributed by atoms with Gasteiger partial charge in [-0.3, -0.25) is 4.79 Å². The summed E-state index contributed by atoms with van der Waals surface area (Å²) in [4.78, 5) is 11.2. The van der Waals surface area contributed by atoms with Crippen molar-refractivity contribution in [2.24, 2.45) is 5.92 Å². The van der Waals surface area contributed by atoms with Gasteiger partial charge in [0.2, 0.25) is 0 Å². The second-order valence-electron chi connectivity index (χ2n) is 2.89. The van der Waals surface area contributed by atoms with E-state index in [4.69, 9.17) is 4.74 Å². The smallest absolute Gasteiger partial charge is 0.310 e. The Morgan fingerprint density at radius 2 is 2.45 bits per heavy atom. The van der Waals surface area contributed by atoms with E-state index in [0.29, 0.717) is 6.61 Å². The molecule has 0 aliphatic carbocycles. The Labute approximate surface area is 67.1 Å². The van der Waals surface area contributed by atoms with Gasteiger partial charge in [0.25, 0.3) is 0 Å². The van der Waals surface area contributed by atoms with Gasteiger partial charge in [-0.25, -0.2) is 0 Å². The van der Waals surface area contributed by atoms with E-state index in [1.807, 2.05) is 13.8 Å². The van der Waals surface area contributed by atoms with Crippen LogP contribution in [0.2, 0.25) is 0 Å². The highest BCUT2D eigenvalue weighted by Gasteiger charge is 2.30. The van der Waals surface area contributed by atoms with Crippen molar-refractivity contribution in [3.05, 3.63) is 0 Å². The molecule has 0 aromatic rings. The molecule has 0 unspecified atom stereocenters. The summed E-state index contributed by atoms with van der Waals surface area (Å²) < 4.78 is 4.92. The fourth-order valence-electron chi connectivity index (χ4n) is 1.43. The molecule has 1 heterocycles. The second kappa shape index (κ2) is 3.72. The van der Waals surface area contributed by atoms with Crippen molar-refractivity contribution in [3.63, 3.8) is 0 Å². The van der Waals surface area contributed by atoms with Crippen LogP contribution in [-0.4, -0.2) is 25.2 Å². The van der Waals surface area contributed by atoms with Gasteiger partial charge in [0.1, 0.15) is 0 Å². The van der Waals surface area contributed by atoms with Crippen molar-refractivity contribution < 1.29 is 9.53 Å². The van der Waals surface area contributed by atoms with Crippen LogP contribution in [0.25, 0.3) is 0 Å². The number of carbonyl (C=O) groups is 1. The van der Waals surface area contributed by atoms with Crippen LogP contribution in [-0.2, 0) is 9.53 Å². The summed E-state index contributed by atoms with van der Waals surface area (Å²) in [7, 11) is 0. The number of hydrogen-bond donors (Lipinski definition) is 1. The van der Waals surface area contributed by atoms with E-state index in [-0.39, 0.29) is 17.9 Å². The molecular weight excluding hydrogens is 142 g/mol. The third-order valence-corrected chi connectivity index (χ3v) is 2.11. The minimum absolute atomic E-state index is 0.0509. The maximum Gasteiger partial charge on any atom is 0.310 e. The third kappa shape index (κ3) is 1.93. The van der Waals surface area contributed by atoms with Crippen molar-refractivity contribution in [1.82, 2.24) is 5.32 Å². The van der Waals surface area contributed by atoms with Crippen molar-refractivity contribution in [2.45, 2.75) is 26.3 Å². The van der Waals surface area contributed by atoms with Gasteiger partial charge in [0, 0.05) is 6.04 Å². The van der Waals surface area contributed by atoms with Crippen LogP contribution in [0.3, 0.4) is 0 Å². The summed E-state index contributed by atoms with van der Waals surface area (Å²) in [6, 6.07) is 0.286. The SMILES string of the molecule is CCOC(=O)[C@H]1CCN[C@H]1C. The predicted octanol–water partition coefficient (Wildman–Crippen LogP) is 0.547. The maximum absolute atomic E-state index is 11.2. The van der Waals surface area contributed by atoms with Crippen LogP contribution in [0, 0.1) is 5.92 Å². The highest BCUT2D eigenvalue weighted by molar-refractivity contribution is 5.73. The molecule has 0 aromatic carbocycles. The topological polar surface area (TPSA) is 38.3 Å². The molecule has 0 bridgehead atoms. The number of rotatable bonds is 2. The van der Waals surface area contributed by atoms with Crippen LogP contribution in [0.5, 0.6) is 0 Å². The lowest BCUT2D eigenvalue weighted by molar-refractivity contribution is -0.148. The minimum atomic E-state index is -0.0509. The summed E-state index contributed by atoms with van der Waals surface area (Å²) in [6.45, 7) is 5.28. The first-order valence-electron chi connectivity index (χ1n) is 4.15. The Hall–Kier alpha value is -0.570. The standard InChI is InChI=1S/C8H15NO2/c1-3-11-8(10)7-4-5-9-6(7)2/h6-7,9H,3-5H2,1-2H3/t6-,7-/m0/s1. The minimum Gasteiger partial charge on any atom is -0.466 e. The molecule has 1 saturated heterocycles. The number of esters is 1. The lowest BCUT2D eigenvalue weighted by Crippen LogP contribution is -2.29. The molecule has 1 N–H and O–H groups in total. The third-order valence-electron chi connectivity index (χ3n) is 2.11. The first-order valence-corrected chi connectivity index (χ1v) is 4.15. The first kappa shape index (κ1) is 8.53. The Kier molecular flexibility index (Phi) is 2.88. The molecule has 1 rings (SSSR count). The highest BCUT2D eigenvalue weighted by Crippen LogP contribution is 2.16.